The van der Waals surface area contributed by atoms with Crippen LogP contribution in [0.1, 0.15) is 57.0 Å². The molecule has 2 aliphatic heterocycles. The highest BCUT2D eigenvalue weighted by molar-refractivity contribution is 7.09. The third-order valence-corrected chi connectivity index (χ3v) is 7.14. The summed E-state index contributed by atoms with van der Waals surface area (Å²) in [5.41, 5.74) is 4.01. The van der Waals surface area contributed by atoms with Crippen LogP contribution in [0, 0.1) is 0 Å². The second-order valence-electron chi connectivity index (χ2n) is 8.54. The van der Waals surface area contributed by atoms with Crippen molar-refractivity contribution in [2.45, 2.75) is 38.3 Å². The van der Waals surface area contributed by atoms with Crippen LogP contribution in [0.25, 0.3) is 0 Å². The topological polar surface area (TPSA) is 74.2 Å². The number of thiazole rings is 1. The number of hydrogen-bond acceptors (Lipinski definition) is 7. The van der Waals surface area contributed by atoms with Crippen molar-refractivity contribution in [2.24, 2.45) is 0 Å². The van der Waals surface area contributed by atoms with Crippen molar-refractivity contribution in [2.75, 3.05) is 32.5 Å². The predicted octanol–water partition coefficient (Wildman–Crippen LogP) is 3.53. The number of benzene rings is 1. The minimum absolute atomic E-state index is 0.0208. The van der Waals surface area contributed by atoms with Crippen molar-refractivity contribution in [1.82, 2.24) is 24.8 Å². The largest absolute Gasteiger partial charge is 0.373 e. The Hall–Kier alpha value is -2.84. The standard InChI is InChI=1S/C24H28N6OS/c1-25-22-17-10-12-29(2)14-18(17)27-23(28-22)20-9-6-11-30(20)24(31)19-15-32-21(26-19)13-16-7-4-3-5-8-16/h3-5,7-8,15,20H,6,9-14H2,1-2H3,(H,25,27,28)/t20-/m1/s1. The molecule has 0 unspecified atom stereocenters. The summed E-state index contributed by atoms with van der Waals surface area (Å²) < 4.78 is 0. The van der Waals surface area contributed by atoms with Gasteiger partial charge in [0.15, 0.2) is 5.82 Å². The molecule has 1 N–H and O–H groups in total. The van der Waals surface area contributed by atoms with Gasteiger partial charge < -0.3 is 15.1 Å². The van der Waals surface area contributed by atoms with Crippen molar-refractivity contribution >= 4 is 23.1 Å². The highest BCUT2D eigenvalue weighted by Crippen LogP contribution is 2.34. The number of carbonyl (C=O) groups excluding carboxylic acids is 1. The summed E-state index contributed by atoms with van der Waals surface area (Å²) in [6.45, 7) is 2.53. The van der Waals surface area contributed by atoms with Gasteiger partial charge >= 0.3 is 0 Å². The minimum Gasteiger partial charge on any atom is -0.373 e. The lowest BCUT2D eigenvalue weighted by Gasteiger charge is -2.28. The monoisotopic (exact) mass is 448 g/mol. The maximum absolute atomic E-state index is 13.4. The van der Waals surface area contributed by atoms with E-state index in [1.165, 1.54) is 11.1 Å². The van der Waals surface area contributed by atoms with Crippen molar-refractivity contribution in [1.29, 1.82) is 0 Å². The fourth-order valence-electron chi connectivity index (χ4n) is 4.62. The van der Waals surface area contributed by atoms with E-state index in [9.17, 15) is 4.79 Å². The summed E-state index contributed by atoms with van der Waals surface area (Å²) in [6.07, 6.45) is 3.52. The number of likely N-dealkylation sites (N-methyl/N-ethyl adjacent to an activating group) is 1. The Labute approximate surface area is 192 Å². The van der Waals surface area contributed by atoms with Crippen LogP contribution >= 0.6 is 11.3 Å². The Morgan fingerprint density at radius 3 is 2.84 bits per heavy atom. The van der Waals surface area contributed by atoms with Crippen LogP contribution in [-0.4, -0.2) is 57.8 Å². The molecule has 2 aliphatic rings. The quantitative estimate of drug-likeness (QED) is 0.644. The summed E-state index contributed by atoms with van der Waals surface area (Å²) in [5, 5.41) is 6.10. The van der Waals surface area contributed by atoms with Crippen LogP contribution in [0.4, 0.5) is 5.82 Å². The molecular weight excluding hydrogens is 420 g/mol. The summed E-state index contributed by atoms with van der Waals surface area (Å²) in [5.74, 6) is 1.62. The van der Waals surface area contributed by atoms with Gasteiger partial charge in [-0.2, -0.15) is 0 Å². The Morgan fingerprint density at radius 1 is 1.19 bits per heavy atom. The zero-order chi connectivity index (χ0) is 22.1. The molecule has 1 amide bonds. The number of amides is 1. The average molecular weight is 449 g/mol. The molecule has 1 atom stereocenters. The van der Waals surface area contributed by atoms with E-state index < -0.39 is 0 Å². The van der Waals surface area contributed by atoms with Crippen molar-refractivity contribution in [3.63, 3.8) is 0 Å². The summed E-state index contributed by atoms with van der Waals surface area (Å²) in [6, 6.07) is 10.1. The SMILES string of the molecule is CNc1nc([C@H]2CCCN2C(=O)c2csc(Cc3ccccc3)n2)nc2c1CCN(C)C2. The van der Waals surface area contributed by atoms with E-state index in [4.69, 9.17) is 9.97 Å². The number of hydrogen-bond donors (Lipinski definition) is 1. The van der Waals surface area contributed by atoms with E-state index in [0.717, 1.165) is 61.1 Å². The number of rotatable bonds is 5. The molecule has 2 aromatic heterocycles. The second kappa shape index (κ2) is 8.96. The number of anilines is 1. The fourth-order valence-corrected chi connectivity index (χ4v) is 5.42. The molecule has 5 rings (SSSR count). The number of nitrogens with zero attached hydrogens (tertiary/aromatic N) is 5. The molecule has 4 heterocycles. The zero-order valence-corrected chi connectivity index (χ0v) is 19.4. The van der Waals surface area contributed by atoms with Crippen LogP contribution in [0.2, 0.25) is 0 Å². The molecule has 0 saturated carbocycles. The number of nitrogens with one attached hydrogen (secondary N) is 1. The number of aromatic nitrogens is 3. The first-order valence-electron chi connectivity index (χ1n) is 11.2. The second-order valence-corrected chi connectivity index (χ2v) is 9.48. The van der Waals surface area contributed by atoms with E-state index in [1.54, 1.807) is 11.3 Å². The van der Waals surface area contributed by atoms with Gasteiger partial charge in [-0.3, -0.25) is 4.79 Å². The Bertz CT molecular complexity index is 1110. The van der Waals surface area contributed by atoms with E-state index >= 15 is 0 Å². The van der Waals surface area contributed by atoms with Gasteiger partial charge in [-0.25, -0.2) is 15.0 Å². The van der Waals surface area contributed by atoms with Gasteiger partial charge in [-0.1, -0.05) is 30.3 Å². The van der Waals surface area contributed by atoms with Gasteiger partial charge in [-0.15, -0.1) is 11.3 Å². The van der Waals surface area contributed by atoms with Crippen LogP contribution in [0.15, 0.2) is 35.7 Å². The molecule has 1 aromatic carbocycles. The van der Waals surface area contributed by atoms with Crippen LogP contribution < -0.4 is 5.32 Å². The van der Waals surface area contributed by atoms with Crippen LogP contribution in [0.5, 0.6) is 0 Å². The smallest absolute Gasteiger partial charge is 0.273 e. The van der Waals surface area contributed by atoms with Crippen molar-refractivity contribution in [3.8, 4) is 0 Å². The Kier molecular flexibility index (Phi) is 5.89. The molecule has 0 aliphatic carbocycles. The van der Waals surface area contributed by atoms with Gasteiger partial charge in [-0.05, 0) is 31.9 Å². The summed E-state index contributed by atoms with van der Waals surface area (Å²) in [7, 11) is 4.02. The molecule has 166 valence electrons. The lowest BCUT2D eigenvalue weighted by Crippen LogP contribution is -2.33. The number of carbonyl (C=O) groups is 1. The molecule has 0 bridgehead atoms. The first kappa shape index (κ1) is 21.0. The van der Waals surface area contributed by atoms with Crippen molar-refractivity contribution < 1.29 is 4.79 Å². The van der Waals surface area contributed by atoms with E-state index in [1.807, 2.05) is 35.5 Å². The van der Waals surface area contributed by atoms with E-state index in [2.05, 4.69) is 34.4 Å². The Balaban J connectivity index is 1.38. The molecule has 0 spiro atoms. The molecule has 0 radical (unpaired) electrons. The first-order valence-corrected chi connectivity index (χ1v) is 12.1. The van der Waals surface area contributed by atoms with Crippen molar-refractivity contribution in [3.05, 3.63) is 69.1 Å². The minimum atomic E-state index is -0.105. The Morgan fingerprint density at radius 2 is 2.03 bits per heavy atom. The van der Waals surface area contributed by atoms with E-state index in [-0.39, 0.29) is 11.9 Å². The van der Waals surface area contributed by atoms with E-state index in [0.29, 0.717) is 12.2 Å². The molecule has 7 nitrogen and oxygen atoms in total. The maximum atomic E-state index is 13.4. The molecular formula is C24H28N6OS. The fraction of sp³-hybridized carbons (Fsp3) is 0.417. The third-order valence-electron chi connectivity index (χ3n) is 6.29. The highest BCUT2D eigenvalue weighted by atomic mass is 32.1. The number of likely N-dealkylation sites (tertiary alicyclic amines) is 1. The normalized spacial score (nSPS) is 18.6. The molecule has 1 saturated heterocycles. The zero-order valence-electron chi connectivity index (χ0n) is 18.5. The first-order chi connectivity index (χ1) is 15.6. The predicted molar refractivity (Wildman–Crippen MR) is 126 cm³/mol. The summed E-state index contributed by atoms with van der Waals surface area (Å²) in [4.78, 5) is 32.0. The highest BCUT2D eigenvalue weighted by Gasteiger charge is 2.35. The third kappa shape index (κ3) is 4.12. The molecule has 8 heteroatoms. The molecule has 32 heavy (non-hydrogen) atoms. The number of fused-ring (bicyclic) bond motifs is 1. The van der Waals surface area contributed by atoms with Gasteiger partial charge in [0.25, 0.3) is 5.91 Å². The lowest BCUT2D eigenvalue weighted by atomic mass is 10.0. The van der Waals surface area contributed by atoms with Gasteiger partial charge in [0.2, 0.25) is 0 Å². The molecule has 1 fully saturated rings. The summed E-state index contributed by atoms with van der Waals surface area (Å²) >= 11 is 1.55. The van der Waals surface area contributed by atoms with Gasteiger partial charge in [0.05, 0.1) is 16.7 Å². The van der Waals surface area contributed by atoms with Crippen LogP contribution in [0.3, 0.4) is 0 Å². The maximum Gasteiger partial charge on any atom is 0.273 e. The average Bonchev–Trinajstić information content (AvgIpc) is 3.48. The van der Waals surface area contributed by atoms with Gasteiger partial charge in [0.1, 0.15) is 11.5 Å². The van der Waals surface area contributed by atoms with Crippen LogP contribution in [-0.2, 0) is 19.4 Å². The lowest BCUT2D eigenvalue weighted by molar-refractivity contribution is 0.0724. The molecule has 3 aromatic rings. The van der Waals surface area contributed by atoms with Gasteiger partial charge in [0, 0.05) is 44.0 Å².